The highest BCUT2D eigenvalue weighted by molar-refractivity contribution is 9.10. The van der Waals surface area contributed by atoms with Crippen molar-refractivity contribution in [2.75, 3.05) is 5.32 Å². The van der Waals surface area contributed by atoms with Gasteiger partial charge in [-0.1, -0.05) is 29.3 Å². The van der Waals surface area contributed by atoms with Crippen LogP contribution in [-0.4, -0.2) is 5.11 Å². The number of anilines is 1. The van der Waals surface area contributed by atoms with E-state index in [1.54, 1.807) is 30.3 Å². The molecule has 0 saturated carbocycles. The fourth-order valence-electron chi connectivity index (χ4n) is 1.63. The van der Waals surface area contributed by atoms with Gasteiger partial charge in [-0.25, -0.2) is 4.39 Å². The maximum atomic E-state index is 13.1. The Balaban J connectivity index is 1.94. The Morgan fingerprint density at radius 1 is 1.14 bits per heavy atom. The summed E-state index contributed by atoms with van der Waals surface area (Å²) in [6.45, 7) is 0.471. The second kappa shape index (κ2) is 7.40. The molecule has 0 aliphatic rings. The lowest BCUT2D eigenvalue weighted by Crippen LogP contribution is -2.27. The van der Waals surface area contributed by atoms with Crippen LogP contribution in [0, 0.1) is 5.82 Å². The van der Waals surface area contributed by atoms with E-state index in [2.05, 4.69) is 26.6 Å². The lowest BCUT2D eigenvalue weighted by atomic mass is 10.2. The van der Waals surface area contributed by atoms with Crippen molar-refractivity contribution < 1.29 is 4.39 Å². The largest absolute Gasteiger partial charge is 0.358 e. The van der Waals surface area contributed by atoms with Gasteiger partial charge in [-0.3, -0.25) is 0 Å². The molecule has 2 aromatic rings. The van der Waals surface area contributed by atoms with Crippen LogP contribution >= 0.6 is 51.3 Å². The van der Waals surface area contributed by atoms with Crippen molar-refractivity contribution >= 4 is 62.1 Å². The molecule has 0 spiro atoms. The zero-order valence-electron chi connectivity index (χ0n) is 10.6. The lowest BCUT2D eigenvalue weighted by molar-refractivity contribution is 0.620. The summed E-state index contributed by atoms with van der Waals surface area (Å²) in [7, 11) is 0. The minimum Gasteiger partial charge on any atom is -0.358 e. The Labute approximate surface area is 145 Å². The van der Waals surface area contributed by atoms with E-state index in [0.717, 1.165) is 5.56 Å². The van der Waals surface area contributed by atoms with Crippen LogP contribution in [0.3, 0.4) is 0 Å². The smallest absolute Gasteiger partial charge is 0.171 e. The molecule has 2 rings (SSSR count). The van der Waals surface area contributed by atoms with Crippen LogP contribution in [0.5, 0.6) is 0 Å². The number of halogens is 4. The van der Waals surface area contributed by atoms with Gasteiger partial charge in [0.25, 0.3) is 0 Å². The van der Waals surface area contributed by atoms with Crippen LogP contribution < -0.4 is 10.6 Å². The molecule has 110 valence electrons. The summed E-state index contributed by atoms with van der Waals surface area (Å²) in [5, 5.41) is 7.48. The monoisotopic (exact) mass is 406 g/mol. The molecule has 7 heteroatoms. The summed E-state index contributed by atoms with van der Waals surface area (Å²) in [6, 6.07) is 9.86. The summed E-state index contributed by atoms with van der Waals surface area (Å²) in [5.74, 6) is -0.298. The van der Waals surface area contributed by atoms with Gasteiger partial charge in [0.2, 0.25) is 0 Å². The highest BCUT2D eigenvalue weighted by Crippen LogP contribution is 2.22. The van der Waals surface area contributed by atoms with Gasteiger partial charge in [-0.05, 0) is 64.0 Å². The molecule has 2 N–H and O–H groups in total. The van der Waals surface area contributed by atoms with E-state index in [0.29, 0.717) is 31.9 Å². The highest BCUT2D eigenvalue weighted by Gasteiger charge is 2.03. The number of rotatable bonds is 3. The van der Waals surface area contributed by atoms with E-state index in [9.17, 15) is 4.39 Å². The van der Waals surface area contributed by atoms with Gasteiger partial charge in [0.15, 0.2) is 5.11 Å². The molecule has 0 amide bonds. The van der Waals surface area contributed by atoms with Gasteiger partial charge in [-0.15, -0.1) is 0 Å². The van der Waals surface area contributed by atoms with E-state index < -0.39 is 0 Å². The maximum absolute atomic E-state index is 13.1. The van der Waals surface area contributed by atoms with Crippen molar-refractivity contribution in [3.8, 4) is 0 Å². The number of hydrogen-bond donors (Lipinski definition) is 2. The van der Waals surface area contributed by atoms with Gasteiger partial charge in [0.05, 0.1) is 4.47 Å². The molecule has 2 aromatic carbocycles. The Hall–Kier alpha value is -0.880. The molecular weight excluding hydrogens is 398 g/mol. The summed E-state index contributed by atoms with van der Waals surface area (Å²) in [6.07, 6.45) is 0. The van der Waals surface area contributed by atoms with Crippen LogP contribution in [0.2, 0.25) is 10.0 Å². The van der Waals surface area contributed by atoms with Gasteiger partial charge >= 0.3 is 0 Å². The van der Waals surface area contributed by atoms with Crippen molar-refractivity contribution in [3.63, 3.8) is 0 Å². The molecule has 0 aromatic heterocycles. The van der Waals surface area contributed by atoms with Gasteiger partial charge < -0.3 is 10.6 Å². The van der Waals surface area contributed by atoms with Crippen LogP contribution in [0.15, 0.2) is 40.9 Å². The third-order valence-electron chi connectivity index (χ3n) is 2.56. The lowest BCUT2D eigenvalue weighted by Gasteiger charge is -2.11. The van der Waals surface area contributed by atoms with Crippen molar-refractivity contribution in [2.24, 2.45) is 0 Å². The van der Waals surface area contributed by atoms with E-state index in [-0.39, 0.29) is 5.82 Å². The quantitative estimate of drug-likeness (QED) is 0.667. The second-order valence-electron chi connectivity index (χ2n) is 4.21. The van der Waals surface area contributed by atoms with E-state index in [1.807, 2.05) is 0 Å². The molecule has 0 fully saturated rings. The molecule has 21 heavy (non-hydrogen) atoms. The minimum atomic E-state index is -0.298. The van der Waals surface area contributed by atoms with Crippen molar-refractivity contribution in [3.05, 3.63) is 62.3 Å². The van der Waals surface area contributed by atoms with E-state index >= 15 is 0 Å². The Kier molecular flexibility index (Phi) is 5.81. The van der Waals surface area contributed by atoms with Gasteiger partial charge in [0.1, 0.15) is 5.82 Å². The standard InChI is InChI=1S/C14H10BrCl2FN2S/c15-12-3-8(1-2-13(12)18)7-19-14(21)20-11-5-9(16)4-10(17)6-11/h1-6H,7H2,(H2,19,20,21). The number of hydrogen-bond acceptors (Lipinski definition) is 1. The summed E-state index contributed by atoms with van der Waals surface area (Å²) in [5.41, 5.74) is 1.60. The molecule has 0 radical (unpaired) electrons. The molecule has 0 bridgehead atoms. The van der Waals surface area contributed by atoms with Gasteiger partial charge in [0, 0.05) is 22.3 Å². The number of nitrogens with one attached hydrogen (secondary N) is 2. The first-order chi connectivity index (χ1) is 9.94. The van der Waals surface area contributed by atoms with Crippen molar-refractivity contribution in [1.29, 1.82) is 0 Å². The van der Waals surface area contributed by atoms with Crippen LogP contribution in [0.1, 0.15) is 5.56 Å². The predicted molar refractivity (Wildman–Crippen MR) is 93.6 cm³/mol. The second-order valence-corrected chi connectivity index (χ2v) is 6.35. The molecular formula is C14H10BrCl2FN2S. The highest BCUT2D eigenvalue weighted by atomic mass is 79.9. The first-order valence-corrected chi connectivity index (χ1v) is 7.84. The van der Waals surface area contributed by atoms with E-state index in [1.165, 1.54) is 6.07 Å². The third kappa shape index (κ3) is 5.11. The van der Waals surface area contributed by atoms with Crippen LogP contribution in [0.25, 0.3) is 0 Å². The molecule has 0 atom stereocenters. The zero-order chi connectivity index (χ0) is 15.4. The average molecular weight is 408 g/mol. The predicted octanol–water partition coefficient (Wildman–Crippen LogP) is 5.38. The molecule has 0 aliphatic heterocycles. The SMILES string of the molecule is Fc1ccc(CNC(=S)Nc2cc(Cl)cc(Cl)c2)cc1Br. The van der Waals surface area contributed by atoms with Crippen molar-refractivity contribution in [1.82, 2.24) is 5.32 Å². The van der Waals surface area contributed by atoms with Crippen molar-refractivity contribution in [2.45, 2.75) is 6.54 Å². The normalized spacial score (nSPS) is 10.3. The fourth-order valence-corrected chi connectivity index (χ4v) is 2.78. The molecule has 0 heterocycles. The number of thiocarbonyl (C=S) groups is 1. The first kappa shape index (κ1) is 16.5. The van der Waals surface area contributed by atoms with Gasteiger partial charge in [-0.2, -0.15) is 0 Å². The maximum Gasteiger partial charge on any atom is 0.171 e. The van der Waals surface area contributed by atoms with E-state index in [4.69, 9.17) is 35.4 Å². The zero-order valence-corrected chi connectivity index (χ0v) is 14.5. The topological polar surface area (TPSA) is 24.1 Å². The molecule has 0 saturated heterocycles. The van der Waals surface area contributed by atoms with Crippen LogP contribution in [0.4, 0.5) is 10.1 Å². The fraction of sp³-hybridized carbons (Fsp3) is 0.0714. The average Bonchev–Trinajstić information content (AvgIpc) is 2.39. The Bertz CT molecular complexity index is 662. The minimum absolute atomic E-state index is 0.298. The summed E-state index contributed by atoms with van der Waals surface area (Å²) in [4.78, 5) is 0. The third-order valence-corrected chi connectivity index (χ3v) is 3.85. The van der Waals surface area contributed by atoms with Crippen LogP contribution in [-0.2, 0) is 6.54 Å². The molecule has 2 nitrogen and oxygen atoms in total. The Morgan fingerprint density at radius 3 is 2.43 bits per heavy atom. The Morgan fingerprint density at radius 2 is 1.81 bits per heavy atom. The molecule has 0 aliphatic carbocycles. The first-order valence-electron chi connectivity index (χ1n) is 5.89. The number of benzene rings is 2. The summed E-state index contributed by atoms with van der Waals surface area (Å²) >= 11 is 20.1. The summed E-state index contributed by atoms with van der Waals surface area (Å²) < 4.78 is 13.5. The molecule has 0 unspecified atom stereocenters.